The largest absolute Gasteiger partial charge is 0.505 e. The molecule has 0 saturated carbocycles. The van der Waals surface area contributed by atoms with Crippen LogP contribution in [0.25, 0.3) is 0 Å². The summed E-state index contributed by atoms with van der Waals surface area (Å²) in [5, 5.41) is 9.01. The van der Waals surface area contributed by atoms with E-state index in [1.807, 2.05) is 6.92 Å². The van der Waals surface area contributed by atoms with Gasteiger partial charge < -0.3 is 10.8 Å². The van der Waals surface area contributed by atoms with Gasteiger partial charge in [0, 0.05) is 11.6 Å². The Kier molecular flexibility index (Phi) is 2.65. The van der Waals surface area contributed by atoms with Crippen LogP contribution < -0.4 is 5.73 Å². The zero-order valence-corrected chi connectivity index (χ0v) is 6.92. The fraction of sp³-hybridized carbons (Fsp3) is 0.333. The summed E-state index contributed by atoms with van der Waals surface area (Å²) in [5.74, 6) is -0.941. The summed E-state index contributed by atoms with van der Waals surface area (Å²) in [6.45, 7) is 1.87. The van der Waals surface area contributed by atoms with Crippen LogP contribution in [0, 0.1) is 5.82 Å². The molecule has 0 aliphatic rings. The van der Waals surface area contributed by atoms with Gasteiger partial charge in [0.1, 0.15) is 0 Å². The maximum absolute atomic E-state index is 13.1. The van der Waals surface area contributed by atoms with Crippen molar-refractivity contribution in [3.05, 3.63) is 29.6 Å². The highest BCUT2D eigenvalue weighted by Crippen LogP contribution is 2.23. The fourth-order valence-corrected chi connectivity index (χ4v) is 1.04. The van der Waals surface area contributed by atoms with E-state index in [0.717, 1.165) is 0 Å². The molecule has 0 saturated heterocycles. The van der Waals surface area contributed by atoms with E-state index in [2.05, 4.69) is 0 Å². The first kappa shape index (κ1) is 9.00. The number of phenolic OH excluding ortho intramolecular Hbond substituents is 1. The minimum atomic E-state index is -0.605. The summed E-state index contributed by atoms with van der Waals surface area (Å²) in [4.78, 5) is 0. The maximum atomic E-state index is 13.1. The lowest BCUT2D eigenvalue weighted by Gasteiger charge is -2.10. The third kappa shape index (κ3) is 1.56. The molecule has 3 heteroatoms. The Balaban J connectivity index is 3.07. The van der Waals surface area contributed by atoms with Crippen LogP contribution in [0.2, 0.25) is 0 Å². The predicted octanol–water partition coefficient (Wildman–Crippen LogP) is 1.94. The van der Waals surface area contributed by atoms with Crippen molar-refractivity contribution in [2.45, 2.75) is 19.4 Å². The maximum Gasteiger partial charge on any atom is 0.169 e. The molecule has 0 radical (unpaired) electrons. The van der Waals surface area contributed by atoms with Crippen LogP contribution in [0.4, 0.5) is 4.39 Å². The van der Waals surface area contributed by atoms with E-state index in [4.69, 9.17) is 10.8 Å². The number of hydrogen-bond acceptors (Lipinski definition) is 2. The molecule has 0 aliphatic carbocycles. The minimum Gasteiger partial charge on any atom is -0.505 e. The van der Waals surface area contributed by atoms with Crippen LogP contribution >= 0.6 is 0 Å². The van der Waals surface area contributed by atoms with Crippen molar-refractivity contribution in [1.82, 2.24) is 0 Å². The Morgan fingerprint density at radius 2 is 2.25 bits per heavy atom. The second kappa shape index (κ2) is 3.54. The molecule has 1 atom stereocenters. The summed E-state index contributed by atoms with van der Waals surface area (Å²) in [6, 6.07) is 4.14. The highest BCUT2D eigenvalue weighted by Gasteiger charge is 2.11. The van der Waals surface area contributed by atoms with E-state index < -0.39 is 5.82 Å². The van der Waals surface area contributed by atoms with Crippen molar-refractivity contribution in [2.75, 3.05) is 0 Å². The topological polar surface area (TPSA) is 46.2 Å². The van der Waals surface area contributed by atoms with Crippen molar-refractivity contribution in [3.63, 3.8) is 0 Å². The van der Waals surface area contributed by atoms with Gasteiger partial charge in [0.15, 0.2) is 11.6 Å². The Morgan fingerprint density at radius 1 is 1.58 bits per heavy atom. The van der Waals surface area contributed by atoms with E-state index in [-0.39, 0.29) is 11.8 Å². The van der Waals surface area contributed by atoms with E-state index in [0.29, 0.717) is 12.0 Å². The van der Waals surface area contributed by atoms with Crippen LogP contribution in [-0.4, -0.2) is 5.11 Å². The zero-order valence-electron chi connectivity index (χ0n) is 6.92. The van der Waals surface area contributed by atoms with Crippen molar-refractivity contribution >= 4 is 0 Å². The minimum absolute atomic E-state index is 0.336. The molecular formula is C9H12FNO. The average molecular weight is 169 g/mol. The number of rotatable bonds is 2. The molecule has 0 heterocycles. The molecule has 66 valence electrons. The van der Waals surface area contributed by atoms with Crippen LogP contribution in [0.3, 0.4) is 0 Å². The summed E-state index contributed by atoms with van der Waals surface area (Å²) < 4.78 is 13.1. The first-order chi connectivity index (χ1) is 5.66. The lowest BCUT2D eigenvalue weighted by molar-refractivity contribution is 0.424. The normalized spacial score (nSPS) is 12.9. The molecular weight excluding hydrogens is 157 g/mol. The van der Waals surface area contributed by atoms with E-state index in [9.17, 15) is 4.39 Å². The molecule has 3 N–H and O–H groups in total. The fourth-order valence-electron chi connectivity index (χ4n) is 1.04. The number of benzene rings is 1. The summed E-state index contributed by atoms with van der Waals surface area (Å²) in [6.07, 6.45) is 0.653. The van der Waals surface area contributed by atoms with Crippen LogP contribution in [0.15, 0.2) is 18.2 Å². The molecule has 0 amide bonds. The lowest BCUT2D eigenvalue weighted by atomic mass is 10.0. The second-order valence-electron chi connectivity index (χ2n) is 2.70. The van der Waals surface area contributed by atoms with E-state index in [1.165, 1.54) is 6.07 Å². The van der Waals surface area contributed by atoms with Gasteiger partial charge in [0.2, 0.25) is 0 Å². The molecule has 0 spiro atoms. The summed E-state index contributed by atoms with van der Waals surface area (Å²) in [7, 11) is 0. The number of nitrogens with two attached hydrogens (primary N) is 1. The number of phenols is 1. The van der Waals surface area contributed by atoms with Gasteiger partial charge in [0.05, 0.1) is 0 Å². The molecule has 1 aromatic rings. The van der Waals surface area contributed by atoms with Gasteiger partial charge in [-0.25, -0.2) is 4.39 Å². The Hall–Kier alpha value is -1.09. The Labute approximate surface area is 70.8 Å². The predicted molar refractivity (Wildman–Crippen MR) is 45.3 cm³/mol. The zero-order chi connectivity index (χ0) is 9.14. The van der Waals surface area contributed by atoms with Crippen molar-refractivity contribution in [2.24, 2.45) is 5.73 Å². The van der Waals surface area contributed by atoms with Gasteiger partial charge in [-0.05, 0) is 12.5 Å². The van der Waals surface area contributed by atoms with Crippen molar-refractivity contribution in [1.29, 1.82) is 0 Å². The molecule has 0 aromatic heterocycles. The average Bonchev–Trinajstić information content (AvgIpc) is 2.08. The van der Waals surface area contributed by atoms with Gasteiger partial charge in [-0.3, -0.25) is 0 Å². The van der Waals surface area contributed by atoms with Gasteiger partial charge in [0.25, 0.3) is 0 Å². The summed E-state index contributed by atoms with van der Waals surface area (Å²) >= 11 is 0. The van der Waals surface area contributed by atoms with E-state index >= 15 is 0 Å². The van der Waals surface area contributed by atoms with Crippen molar-refractivity contribution < 1.29 is 9.50 Å². The van der Waals surface area contributed by atoms with Crippen LogP contribution in [0.1, 0.15) is 24.9 Å². The van der Waals surface area contributed by atoms with E-state index in [1.54, 1.807) is 12.1 Å². The lowest BCUT2D eigenvalue weighted by Crippen LogP contribution is -2.10. The van der Waals surface area contributed by atoms with Gasteiger partial charge in [-0.1, -0.05) is 19.1 Å². The first-order valence-electron chi connectivity index (χ1n) is 3.89. The van der Waals surface area contributed by atoms with Crippen molar-refractivity contribution in [3.8, 4) is 5.75 Å². The Morgan fingerprint density at radius 3 is 2.83 bits per heavy atom. The second-order valence-corrected chi connectivity index (χ2v) is 2.70. The quantitative estimate of drug-likeness (QED) is 0.710. The molecule has 0 unspecified atom stereocenters. The molecule has 2 nitrogen and oxygen atoms in total. The van der Waals surface area contributed by atoms with Crippen LogP contribution in [0.5, 0.6) is 5.75 Å². The SMILES string of the molecule is CC[C@@H](N)c1cccc(O)c1F. The number of hydrogen-bond donors (Lipinski definition) is 2. The molecule has 1 aromatic carbocycles. The monoisotopic (exact) mass is 169 g/mol. The molecule has 1 rings (SSSR count). The molecule has 0 bridgehead atoms. The molecule has 0 fully saturated rings. The number of halogens is 1. The highest BCUT2D eigenvalue weighted by atomic mass is 19.1. The number of aromatic hydroxyl groups is 1. The third-order valence-corrected chi connectivity index (χ3v) is 1.85. The van der Waals surface area contributed by atoms with Gasteiger partial charge in [-0.2, -0.15) is 0 Å². The standard InChI is InChI=1S/C9H12FNO/c1-2-7(11)6-4-3-5-8(12)9(6)10/h3-5,7,12H,2,11H2,1H3/t7-/m1/s1. The summed E-state index contributed by atoms with van der Waals surface area (Å²) in [5.41, 5.74) is 5.99. The third-order valence-electron chi connectivity index (χ3n) is 1.85. The molecule has 12 heavy (non-hydrogen) atoms. The first-order valence-corrected chi connectivity index (χ1v) is 3.89. The van der Waals surface area contributed by atoms with Crippen LogP contribution in [-0.2, 0) is 0 Å². The Bertz CT molecular complexity index is 275. The molecule has 0 aliphatic heterocycles. The smallest absolute Gasteiger partial charge is 0.169 e. The highest BCUT2D eigenvalue weighted by molar-refractivity contribution is 5.31. The van der Waals surface area contributed by atoms with Gasteiger partial charge in [-0.15, -0.1) is 0 Å². The van der Waals surface area contributed by atoms with Gasteiger partial charge >= 0.3 is 0 Å².